The summed E-state index contributed by atoms with van der Waals surface area (Å²) in [6.07, 6.45) is 7.22. The number of hydrogen-bond acceptors (Lipinski definition) is 4. The van der Waals surface area contributed by atoms with Gasteiger partial charge in [0.1, 0.15) is 6.33 Å². The Morgan fingerprint density at radius 1 is 1.50 bits per heavy atom. The zero-order valence-electron chi connectivity index (χ0n) is 7.65. The number of carbonyl (C=O) groups is 1. The Morgan fingerprint density at radius 3 is 2.64 bits per heavy atom. The molecule has 2 rings (SSSR count). The normalized spacial score (nSPS) is 12.4. The SMILES string of the molecule is C1CC1.O=C(OCCl)c1ccncn1. The van der Waals surface area contributed by atoms with Crippen LogP contribution in [0, 0.1) is 0 Å². The number of rotatable bonds is 2. The molecular formula is C9H11ClN2O2. The molecule has 0 radical (unpaired) electrons. The van der Waals surface area contributed by atoms with Gasteiger partial charge in [-0.05, 0) is 6.07 Å². The Hall–Kier alpha value is -1.16. The number of carbonyl (C=O) groups excluding carboxylic acids is 1. The van der Waals surface area contributed by atoms with Crippen LogP contribution in [0.25, 0.3) is 0 Å². The molecule has 1 saturated carbocycles. The lowest BCUT2D eigenvalue weighted by atomic mass is 10.4. The van der Waals surface area contributed by atoms with Crippen LogP contribution in [-0.4, -0.2) is 22.0 Å². The fourth-order valence-corrected chi connectivity index (χ4v) is 0.634. The highest BCUT2D eigenvalue weighted by atomic mass is 35.5. The Labute approximate surface area is 87.3 Å². The number of halogens is 1. The molecular weight excluding hydrogens is 204 g/mol. The summed E-state index contributed by atoms with van der Waals surface area (Å²) in [6, 6.07) is 1.29. The first-order chi connectivity index (χ1) is 6.84. The standard InChI is InChI=1S/C6H5ClN2O2.C3H6/c7-3-11-6(10)5-1-2-8-4-9-5;1-2-3-1/h1-2,4H,3H2;1-3H2. The minimum Gasteiger partial charge on any atom is -0.445 e. The van der Waals surface area contributed by atoms with E-state index in [0.29, 0.717) is 0 Å². The van der Waals surface area contributed by atoms with Crippen molar-refractivity contribution in [2.75, 3.05) is 6.07 Å². The molecule has 0 atom stereocenters. The van der Waals surface area contributed by atoms with Gasteiger partial charge in [-0.15, -0.1) is 0 Å². The third-order valence-corrected chi connectivity index (χ3v) is 1.44. The van der Waals surface area contributed by atoms with Crippen LogP contribution in [0.3, 0.4) is 0 Å². The van der Waals surface area contributed by atoms with E-state index in [4.69, 9.17) is 11.6 Å². The van der Waals surface area contributed by atoms with Crippen LogP contribution in [0.2, 0.25) is 0 Å². The van der Waals surface area contributed by atoms with Crippen molar-refractivity contribution >= 4 is 17.6 Å². The summed E-state index contributed by atoms with van der Waals surface area (Å²) >= 11 is 5.16. The lowest BCUT2D eigenvalue weighted by molar-refractivity contribution is 0.0567. The number of aromatic nitrogens is 2. The number of esters is 1. The molecule has 0 amide bonds. The smallest absolute Gasteiger partial charge is 0.358 e. The van der Waals surface area contributed by atoms with Crippen molar-refractivity contribution in [3.8, 4) is 0 Å². The average molecular weight is 215 g/mol. The second kappa shape index (κ2) is 6.32. The van der Waals surface area contributed by atoms with Gasteiger partial charge >= 0.3 is 5.97 Å². The molecule has 1 aromatic rings. The molecule has 0 unspecified atom stereocenters. The van der Waals surface area contributed by atoms with Crippen molar-refractivity contribution in [1.29, 1.82) is 0 Å². The number of ether oxygens (including phenoxy) is 1. The molecule has 76 valence electrons. The highest BCUT2D eigenvalue weighted by molar-refractivity contribution is 6.17. The van der Waals surface area contributed by atoms with E-state index in [0.717, 1.165) is 0 Å². The molecule has 14 heavy (non-hydrogen) atoms. The maximum atomic E-state index is 10.8. The van der Waals surface area contributed by atoms with Crippen LogP contribution in [0.4, 0.5) is 0 Å². The Kier molecular flexibility index (Phi) is 4.93. The van der Waals surface area contributed by atoms with Gasteiger partial charge in [-0.1, -0.05) is 30.9 Å². The van der Waals surface area contributed by atoms with Crippen LogP contribution in [0.15, 0.2) is 18.6 Å². The predicted octanol–water partition coefficient (Wildman–Crippen LogP) is 2.00. The second-order valence-electron chi connectivity index (χ2n) is 2.70. The third kappa shape index (κ3) is 4.77. The molecule has 0 bridgehead atoms. The monoisotopic (exact) mass is 214 g/mol. The van der Waals surface area contributed by atoms with E-state index >= 15 is 0 Å². The summed E-state index contributed by atoms with van der Waals surface area (Å²) in [5.41, 5.74) is 0.209. The predicted molar refractivity (Wildman–Crippen MR) is 52.0 cm³/mol. The minimum atomic E-state index is -0.539. The topological polar surface area (TPSA) is 52.1 Å². The highest BCUT2D eigenvalue weighted by Gasteiger charge is 2.05. The van der Waals surface area contributed by atoms with Crippen LogP contribution < -0.4 is 0 Å². The Morgan fingerprint density at radius 2 is 2.21 bits per heavy atom. The Balaban J connectivity index is 0.000000276. The van der Waals surface area contributed by atoms with Crippen LogP contribution >= 0.6 is 11.6 Å². The second-order valence-corrected chi connectivity index (χ2v) is 2.91. The van der Waals surface area contributed by atoms with Gasteiger partial charge in [-0.25, -0.2) is 14.8 Å². The molecule has 0 aliphatic heterocycles. The van der Waals surface area contributed by atoms with E-state index in [1.165, 1.54) is 37.9 Å². The number of alkyl halides is 1. The molecule has 0 saturated heterocycles. The summed E-state index contributed by atoms with van der Waals surface area (Å²) in [5.74, 6) is -0.539. The van der Waals surface area contributed by atoms with Crippen molar-refractivity contribution < 1.29 is 9.53 Å². The zero-order chi connectivity index (χ0) is 10.2. The fraction of sp³-hybridized carbons (Fsp3) is 0.444. The van der Waals surface area contributed by atoms with Gasteiger partial charge in [0.05, 0.1) is 0 Å². The molecule has 5 heteroatoms. The summed E-state index contributed by atoms with van der Waals surface area (Å²) in [5, 5.41) is 0. The van der Waals surface area contributed by atoms with E-state index in [9.17, 15) is 4.79 Å². The van der Waals surface area contributed by atoms with Crippen LogP contribution in [-0.2, 0) is 4.74 Å². The maximum absolute atomic E-state index is 10.8. The first-order valence-electron chi connectivity index (χ1n) is 4.33. The molecule has 1 aromatic heterocycles. The first-order valence-corrected chi connectivity index (χ1v) is 4.87. The van der Waals surface area contributed by atoms with Crippen molar-refractivity contribution in [3.63, 3.8) is 0 Å². The van der Waals surface area contributed by atoms with Gasteiger partial charge in [0.2, 0.25) is 0 Å². The van der Waals surface area contributed by atoms with Crippen molar-refractivity contribution in [1.82, 2.24) is 9.97 Å². The minimum absolute atomic E-state index is 0.164. The highest BCUT2D eigenvalue weighted by Crippen LogP contribution is 2.14. The van der Waals surface area contributed by atoms with Gasteiger partial charge in [-0.3, -0.25) is 0 Å². The molecule has 0 spiro atoms. The van der Waals surface area contributed by atoms with E-state index in [-0.39, 0.29) is 11.8 Å². The van der Waals surface area contributed by atoms with E-state index in [1.54, 1.807) is 0 Å². The van der Waals surface area contributed by atoms with Crippen molar-refractivity contribution in [3.05, 3.63) is 24.3 Å². The largest absolute Gasteiger partial charge is 0.445 e. The van der Waals surface area contributed by atoms with E-state index < -0.39 is 5.97 Å². The van der Waals surface area contributed by atoms with Gasteiger partial charge in [-0.2, -0.15) is 0 Å². The van der Waals surface area contributed by atoms with Crippen molar-refractivity contribution in [2.45, 2.75) is 19.3 Å². The summed E-state index contributed by atoms with van der Waals surface area (Å²) in [6.45, 7) is 0. The average Bonchev–Trinajstić information content (AvgIpc) is 3.06. The summed E-state index contributed by atoms with van der Waals surface area (Å²) in [4.78, 5) is 18.1. The molecule has 1 aliphatic rings. The van der Waals surface area contributed by atoms with Crippen molar-refractivity contribution in [2.24, 2.45) is 0 Å². The Bertz CT molecular complexity index is 275. The fourth-order valence-electron chi connectivity index (χ4n) is 0.535. The van der Waals surface area contributed by atoms with Gasteiger partial charge in [0.25, 0.3) is 0 Å². The van der Waals surface area contributed by atoms with E-state index in [2.05, 4.69) is 14.7 Å². The van der Waals surface area contributed by atoms with Gasteiger partial charge in [0.15, 0.2) is 11.8 Å². The number of nitrogens with zero attached hydrogens (tertiary/aromatic N) is 2. The van der Waals surface area contributed by atoms with E-state index in [1.807, 2.05) is 0 Å². The maximum Gasteiger partial charge on any atom is 0.358 e. The zero-order valence-corrected chi connectivity index (χ0v) is 8.41. The first kappa shape index (κ1) is 10.9. The molecule has 0 aromatic carbocycles. The lowest BCUT2D eigenvalue weighted by Gasteiger charge is -1.96. The summed E-state index contributed by atoms with van der Waals surface area (Å²) < 4.78 is 4.46. The van der Waals surface area contributed by atoms with Gasteiger partial charge in [0, 0.05) is 6.20 Å². The quantitative estimate of drug-likeness (QED) is 0.558. The summed E-state index contributed by atoms with van der Waals surface area (Å²) in [7, 11) is 0. The molecule has 0 N–H and O–H groups in total. The lowest BCUT2D eigenvalue weighted by Crippen LogP contribution is -2.05. The molecule has 1 heterocycles. The third-order valence-electron chi connectivity index (χ3n) is 1.33. The molecule has 4 nitrogen and oxygen atoms in total. The van der Waals surface area contributed by atoms with Crippen LogP contribution in [0.1, 0.15) is 29.8 Å². The molecule has 1 aliphatic carbocycles. The number of hydrogen-bond donors (Lipinski definition) is 0. The van der Waals surface area contributed by atoms with Gasteiger partial charge < -0.3 is 4.74 Å². The molecule has 1 fully saturated rings. The van der Waals surface area contributed by atoms with Crippen LogP contribution in [0.5, 0.6) is 0 Å².